The van der Waals surface area contributed by atoms with Gasteiger partial charge in [0, 0.05) is 41.5 Å². The molecule has 1 aromatic carbocycles. The fourth-order valence-electron chi connectivity index (χ4n) is 5.10. The summed E-state index contributed by atoms with van der Waals surface area (Å²) in [6, 6.07) is 15.4. The van der Waals surface area contributed by atoms with Gasteiger partial charge in [0.05, 0.1) is 34.1 Å². The second-order valence-corrected chi connectivity index (χ2v) is 10.6. The first-order chi connectivity index (χ1) is 18.1. The number of anilines is 1. The summed E-state index contributed by atoms with van der Waals surface area (Å²) >= 11 is 8.25. The number of halogens is 1. The van der Waals surface area contributed by atoms with Gasteiger partial charge in [-0.15, -0.1) is 0 Å². The molecule has 5 heterocycles. The SMILES string of the molecule is CCc1[nH]c2nc(Sc3cnc4cccnc4c3)nc(N3C[C@H](c4ccccc4)[C@@H](N)[C@@H]3CO)c2c1Cl. The molecule has 10 heteroatoms. The van der Waals surface area contributed by atoms with Crippen LogP contribution >= 0.6 is 23.4 Å². The molecule has 8 nitrogen and oxygen atoms in total. The van der Waals surface area contributed by atoms with Gasteiger partial charge in [0.2, 0.25) is 0 Å². The summed E-state index contributed by atoms with van der Waals surface area (Å²) in [6.07, 6.45) is 4.28. The molecule has 0 amide bonds. The third-order valence-electron chi connectivity index (χ3n) is 7.00. The zero-order valence-electron chi connectivity index (χ0n) is 20.2. The first-order valence-corrected chi connectivity index (χ1v) is 13.4. The monoisotopic (exact) mass is 531 g/mol. The number of aryl methyl sites for hydroxylation is 1. The van der Waals surface area contributed by atoms with E-state index in [2.05, 4.69) is 32.0 Å². The number of nitrogens with zero attached hydrogens (tertiary/aromatic N) is 5. The van der Waals surface area contributed by atoms with E-state index in [1.165, 1.54) is 11.8 Å². The number of nitrogens with one attached hydrogen (secondary N) is 1. The van der Waals surface area contributed by atoms with Crippen molar-refractivity contribution in [1.82, 2.24) is 24.9 Å². The number of aromatic amines is 1. The van der Waals surface area contributed by atoms with Crippen molar-refractivity contribution in [3.05, 3.63) is 77.2 Å². The Balaban J connectivity index is 1.45. The molecular formula is C27H26ClN7OS. The largest absolute Gasteiger partial charge is 0.394 e. The van der Waals surface area contributed by atoms with Crippen molar-refractivity contribution >= 4 is 51.2 Å². The van der Waals surface area contributed by atoms with Gasteiger partial charge in [-0.3, -0.25) is 9.97 Å². The van der Waals surface area contributed by atoms with E-state index in [0.29, 0.717) is 28.2 Å². The molecular weight excluding hydrogens is 506 g/mol. The Hall–Kier alpha value is -3.24. The van der Waals surface area contributed by atoms with E-state index in [1.807, 2.05) is 43.3 Å². The average Bonchev–Trinajstić information content (AvgIpc) is 3.44. The number of aliphatic hydroxyl groups is 1. The lowest BCUT2D eigenvalue weighted by atomic mass is 9.92. The highest BCUT2D eigenvalue weighted by Crippen LogP contribution is 2.41. The van der Waals surface area contributed by atoms with Gasteiger partial charge in [-0.05, 0) is 41.9 Å². The van der Waals surface area contributed by atoms with Crippen LogP contribution in [0.15, 0.2) is 71.0 Å². The van der Waals surface area contributed by atoms with E-state index in [-0.39, 0.29) is 24.6 Å². The highest BCUT2D eigenvalue weighted by atomic mass is 35.5. The van der Waals surface area contributed by atoms with E-state index in [0.717, 1.165) is 39.0 Å². The number of H-pyrrole nitrogens is 1. The fourth-order valence-corrected chi connectivity index (χ4v) is 6.21. The molecule has 1 fully saturated rings. The van der Waals surface area contributed by atoms with Crippen LogP contribution in [0.3, 0.4) is 0 Å². The molecule has 3 atom stereocenters. The Bertz CT molecular complexity index is 1580. The molecule has 1 aliphatic heterocycles. The Kier molecular flexibility index (Phi) is 6.46. The van der Waals surface area contributed by atoms with Gasteiger partial charge in [-0.2, -0.15) is 0 Å². The maximum Gasteiger partial charge on any atom is 0.196 e. The minimum Gasteiger partial charge on any atom is -0.394 e. The van der Waals surface area contributed by atoms with Gasteiger partial charge in [-0.1, -0.05) is 48.9 Å². The Morgan fingerprint density at radius 1 is 1.14 bits per heavy atom. The van der Waals surface area contributed by atoms with Crippen molar-refractivity contribution in [2.45, 2.75) is 41.4 Å². The minimum absolute atomic E-state index is 0.0404. The van der Waals surface area contributed by atoms with Crippen molar-refractivity contribution in [2.75, 3.05) is 18.1 Å². The zero-order chi connectivity index (χ0) is 25.5. The standard InChI is InChI=1S/C27H26ClN7OS/c1-2-18-23(28)22-25(32-18)33-27(37-16-11-20-19(31-12-16)9-6-10-30-20)34-26(22)35-13-17(24(29)21(35)14-36)15-7-4-3-5-8-15/h3-12,17,21,24,36H,2,13-14,29H2,1H3,(H,32,33,34)/t17-,21+,24-/m1/s1. The lowest BCUT2D eigenvalue weighted by molar-refractivity contribution is 0.255. The fraction of sp³-hybridized carbons (Fsp3) is 0.259. The normalized spacial score (nSPS) is 19.8. The number of nitrogens with two attached hydrogens (primary N) is 1. The van der Waals surface area contributed by atoms with Gasteiger partial charge in [-0.25, -0.2) is 9.97 Å². The van der Waals surface area contributed by atoms with Gasteiger partial charge >= 0.3 is 0 Å². The molecule has 4 aromatic heterocycles. The van der Waals surface area contributed by atoms with Crippen LogP contribution in [0.4, 0.5) is 5.82 Å². The molecule has 1 aliphatic rings. The predicted molar refractivity (Wildman–Crippen MR) is 147 cm³/mol. The van der Waals surface area contributed by atoms with E-state index in [9.17, 15) is 5.11 Å². The van der Waals surface area contributed by atoms with Gasteiger partial charge < -0.3 is 20.7 Å². The number of fused-ring (bicyclic) bond motifs is 2. The van der Waals surface area contributed by atoms with Gasteiger partial charge in [0.15, 0.2) is 5.16 Å². The van der Waals surface area contributed by atoms with Crippen LogP contribution in [0, 0.1) is 0 Å². The summed E-state index contributed by atoms with van der Waals surface area (Å²) in [4.78, 5) is 25.1. The van der Waals surface area contributed by atoms with Crippen LogP contribution in [-0.4, -0.2) is 55.3 Å². The van der Waals surface area contributed by atoms with Crippen LogP contribution in [0.25, 0.3) is 22.1 Å². The topological polar surface area (TPSA) is 117 Å². The average molecular weight is 532 g/mol. The number of hydrogen-bond acceptors (Lipinski definition) is 8. The number of rotatable bonds is 6. The van der Waals surface area contributed by atoms with E-state index in [4.69, 9.17) is 27.3 Å². The Morgan fingerprint density at radius 3 is 2.76 bits per heavy atom. The maximum absolute atomic E-state index is 10.4. The van der Waals surface area contributed by atoms with Crippen LogP contribution in [0.1, 0.15) is 24.1 Å². The van der Waals surface area contributed by atoms with Crippen molar-refractivity contribution < 1.29 is 5.11 Å². The second kappa shape index (κ2) is 9.90. The number of aromatic nitrogens is 5. The quantitative estimate of drug-likeness (QED) is 0.273. The molecule has 0 spiro atoms. The van der Waals surface area contributed by atoms with E-state index in [1.54, 1.807) is 12.4 Å². The van der Waals surface area contributed by atoms with Gasteiger partial charge in [0.1, 0.15) is 11.5 Å². The maximum atomic E-state index is 10.4. The highest BCUT2D eigenvalue weighted by molar-refractivity contribution is 7.99. The van der Waals surface area contributed by atoms with E-state index >= 15 is 0 Å². The summed E-state index contributed by atoms with van der Waals surface area (Å²) in [5, 5.41) is 12.3. The van der Waals surface area contributed by atoms with Gasteiger partial charge in [0.25, 0.3) is 0 Å². The number of benzene rings is 1. The molecule has 0 aliphatic carbocycles. The molecule has 0 unspecified atom stereocenters. The smallest absolute Gasteiger partial charge is 0.196 e. The second-order valence-electron chi connectivity index (χ2n) is 9.14. The van der Waals surface area contributed by atoms with Crippen LogP contribution in [-0.2, 0) is 6.42 Å². The Morgan fingerprint density at radius 2 is 1.97 bits per heavy atom. The molecule has 0 radical (unpaired) electrons. The van der Waals surface area contributed by atoms with Crippen molar-refractivity contribution in [2.24, 2.45) is 5.73 Å². The third kappa shape index (κ3) is 4.31. The van der Waals surface area contributed by atoms with Crippen molar-refractivity contribution in [1.29, 1.82) is 0 Å². The van der Waals surface area contributed by atoms with Crippen LogP contribution in [0.5, 0.6) is 0 Å². The minimum atomic E-state index is -0.316. The summed E-state index contributed by atoms with van der Waals surface area (Å²) in [5.41, 5.74) is 11.1. The highest BCUT2D eigenvalue weighted by Gasteiger charge is 2.41. The summed E-state index contributed by atoms with van der Waals surface area (Å²) < 4.78 is 0. The van der Waals surface area contributed by atoms with Crippen molar-refractivity contribution in [3.8, 4) is 0 Å². The lowest BCUT2D eigenvalue weighted by Gasteiger charge is -2.26. The summed E-state index contributed by atoms with van der Waals surface area (Å²) in [7, 11) is 0. The van der Waals surface area contributed by atoms with Crippen LogP contribution in [0.2, 0.25) is 5.02 Å². The molecule has 0 bridgehead atoms. The molecule has 188 valence electrons. The lowest BCUT2D eigenvalue weighted by Crippen LogP contribution is -2.43. The molecule has 37 heavy (non-hydrogen) atoms. The summed E-state index contributed by atoms with van der Waals surface area (Å²) in [5.74, 6) is 0.715. The number of pyridine rings is 2. The molecule has 1 saturated heterocycles. The molecule has 6 rings (SSSR count). The number of aliphatic hydroxyl groups excluding tert-OH is 1. The van der Waals surface area contributed by atoms with Crippen molar-refractivity contribution in [3.63, 3.8) is 0 Å². The first-order valence-electron chi connectivity index (χ1n) is 12.2. The molecule has 5 aromatic rings. The first kappa shape index (κ1) is 24.1. The Labute approximate surface area is 223 Å². The van der Waals surface area contributed by atoms with E-state index < -0.39 is 0 Å². The molecule has 0 saturated carbocycles. The number of hydrogen-bond donors (Lipinski definition) is 3. The van der Waals surface area contributed by atoms with Crippen LogP contribution < -0.4 is 10.6 Å². The predicted octanol–water partition coefficient (Wildman–Crippen LogP) is 4.56. The summed E-state index contributed by atoms with van der Waals surface area (Å²) in [6.45, 7) is 2.55. The molecule has 4 N–H and O–H groups in total. The third-order valence-corrected chi connectivity index (χ3v) is 8.24. The zero-order valence-corrected chi connectivity index (χ0v) is 21.7.